The van der Waals surface area contributed by atoms with E-state index in [0.717, 1.165) is 15.6 Å². The quantitative estimate of drug-likeness (QED) is 0.858. The van der Waals surface area contributed by atoms with Crippen molar-refractivity contribution in [2.24, 2.45) is 0 Å². The van der Waals surface area contributed by atoms with Gasteiger partial charge in [0.15, 0.2) is 0 Å². The van der Waals surface area contributed by atoms with E-state index in [-0.39, 0.29) is 4.90 Å². The van der Waals surface area contributed by atoms with Crippen molar-refractivity contribution in [2.45, 2.75) is 18.7 Å². The van der Waals surface area contributed by atoms with Crippen molar-refractivity contribution in [3.63, 3.8) is 0 Å². The maximum atomic E-state index is 12.4. The highest BCUT2D eigenvalue weighted by Crippen LogP contribution is 2.27. The van der Waals surface area contributed by atoms with Crippen LogP contribution in [-0.4, -0.2) is 8.42 Å². The molecule has 20 heavy (non-hydrogen) atoms. The van der Waals surface area contributed by atoms with Gasteiger partial charge >= 0.3 is 0 Å². The molecule has 0 aliphatic heterocycles. The predicted octanol–water partition coefficient (Wildman–Crippen LogP) is 4.52. The lowest BCUT2D eigenvalue weighted by molar-refractivity contribution is 0.601. The molecule has 0 radical (unpaired) electrons. The predicted molar refractivity (Wildman–Crippen MR) is 85.9 cm³/mol. The first kappa shape index (κ1) is 15.4. The van der Waals surface area contributed by atoms with Crippen molar-refractivity contribution in [1.82, 2.24) is 0 Å². The van der Waals surface area contributed by atoms with Crippen LogP contribution < -0.4 is 4.72 Å². The number of hydrogen-bond acceptors (Lipinski definition) is 2. The summed E-state index contributed by atoms with van der Waals surface area (Å²) in [6.07, 6.45) is 0. The van der Waals surface area contributed by atoms with E-state index in [1.54, 1.807) is 12.1 Å². The minimum Gasteiger partial charge on any atom is -0.279 e. The highest BCUT2D eigenvalue weighted by Gasteiger charge is 2.17. The van der Waals surface area contributed by atoms with Crippen molar-refractivity contribution in [1.29, 1.82) is 0 Å². The summed E-state index contributed by atoms with van der Waals surface area (Å²) in [6.45, 7) is 3.71. The van der Waals surface area contributed by atoms with Gasteiger partial charge in [-0.2, -0.15) is 0 Å². The molecule has 0 amide bonds. The zero-order valence-corrected chi connectivity index (χ0v) is 14.1. The molecule has 1 N–H and O–H groups in total. The van der Waals surface area contributed by atoms with E-state index in [2.05, 4.69) is 20.7 Å². The lowest BCUT2D eigenvalue weighted by Gasteiger charge is -2.14. The van der Waals surface area contributed by atoms with Crippen LogP contribution in [0.5, 0.6) is 0 Å². The minimum atomic E-state index is -3.64. The van der Waals surface area contributed by atoms with Gasteiger partial charge in [-0.25, -0.2) is 8.42 Å². The number of aryl methyl sites for hydroxylation is 2. The van der Waals surface area contributed by atoms with Crippen molar-refractivity contribution in [3.8, 4) is 0 Å². The molecule has 0 aromatic heterocycles. The van der Waals surface area contributed by atoms with Crippen LogP contribution in [0.3, 0.4) is 0 Å². The summed E-state index contributed by atoms with van der Waals surface area (Å²) in [6, 6.07) is 9.91. The standard InChI is InChI=1S/C14H13BrClNO2S/c1-9-6-11(15)7-10(2)14(9)17-20(18,19)13-5-3-4-12(16)8-13/h3-8,17H,1-2H3. The molecule has 6 heteroatoms. The molecule has 0 fully saturated rings. The maximum Gasteiger partial charge on any atom is 0.261 e. The van der Waals surface area contributed by atoms with Gasteiger partial charge in [-0.05, 0) is 55.3 Å². The average Bonchev–Trinajstić information content (AvgIpc) is 2.34. The van der Waals surface area contributed by atoms with Crippen LogP contribution in [0.4, 0.5) is 5.69 Å². The van der Waals surface area contributed by atoms with Crippen LogP contribution in [-0.2, 0) is 10.0 Å². The highest BCUT2D eigenvalue weighted by atomic mass is 79.9. The Kier molecular flexibility index (Phi) is 4.42. The number of rotatable bonds is 3. The summed E-state index contributed by atoms with van der Waals surface area (Å²) in [4.78, 5) is 0.145. The lowest BCUT2D eigenvalue weighted by atomic mass is 10.1. The minimum absolute atomic E-state index is 0.145. The molecule has 0 saturated heterocycles. The third kappa shape index (κ3) is 3.34. The molecule has 2 aromatic carbocycles. The Morgan fingerprint density at radius 1 is 1.10 bits per heavy atom. The Balaban J connectivity index is 2.44. The Morgan fingerprint density at radius 3 is 2.25 bits per heavy atom. The fourth-order valence-electron chi connectivity index (χ4n) is 1.90. The Labute approximate surface area is 132 Å². The first-order valence-corrected chi connectivity index (χ1v) is 8.50. The first-order valence-electron chi connectivity index (χ1n) is 5.85. The van der Waals surface area contributed by atoms with Crippen LogP contribution in [0.15, 0.2) is 45.8 Å². The molecular formula is C14H13BrClNO2S. The molecule has 0 atom stereocenters. The van der Waals surface area contributed by atoms with Crippen molar-refractivity contribution < 1.29 is 8.42 Å². The van der Waals surface area contributed by atoms with Crippen LogP contribution in [0.25, 0.3) is 0 Å². The molecule has 0 bridgehead atoms. The zero-order valence-electron chi connectivity index (χ0n) is 10.9. The first-order chi connectivity index (χ1) is 9.29. The van der Waals surface area contributed by atoms with Gasteiger partial charge in [0.05, 0.1) is 10.6 Å². The van der Waals surface area contributed by atoms with Crippen molar-refractivity contribution >= 4 is 43.2 Å². The summed E-state index contributed by atoms with van der Waals surface area (Å²) in [5, 5.41) is 0.386. The summed E-state index contributed by atoms with van der Waals surface area (Å²) in [5.41, 5.74) is 2.29. The van der Waals surface area contributed by atoms with E-state index in [0.29, 0.717) is 10.7 Å². The zero-order chi connectivity index (χ0) is 14.9. The molecule has 106 valence electrons. The summed E-state index contributed by atoms with van der Waals surface area (Å²) in [7, 11) is -3.64. The van der Waals surface area contributed by atoms with Gasteiger partial charge in [-0.3, -0.25) is 4.72 Å². The van der Waals surface area contributed by atoms with Gasteiger partial charge < -0.3 is 0 Å². The van der Waals surface area contributed by atoms with Gasteiger partial charge in [-0.1, -0.05) is 33.6 Å². The molecule has 0 heterocycles. The maximum absolute atomic E-state index is 12.4. The van der Waals surface area contributed by atoms with E-state index < -0.39 is 10.0 Å². The Morgan fingerprint density at radius 2 is 1.70 bits per heavy atom. The number of anilines is 1. The highest BCUT2D eigenvalue weighted by molar-refractivity contribution is 9.10. The lowest BCUT2D eigenvalue weighted by Crippen LogP contribution is -2.14. The molecule has 2 aromatic rings. The second-order valence-corrected chi connectivity index (χ2v) is 7.51. The number of hydrogen-bond donors (Lipinski definition) is 1. The molecule has 0 spiro atoms. The van der Waals surface area contributed by atoms with Crippen molar-refractivity contribution in [2.75, 3.05) is 4.72 Å². The second-order valence-electron chi connectivity index (χ2n) is 4.48. The molecule has 3 nitrogen and oxygen atoms in total. The monoisotopic (exact) mass is 373 g/mol. The van der Waals surface area contributed by atoms with Gasteiger partial charge in [0, 0.05) is 9.50 Å². The molecule has 0 saturated carbocycles. The third-order valence-electron chi connectivity index (χ3n) is 2.84. The van der Waals surface area contributed by atoms with Crippen LogP contribution in [0.1, 0.15) is 11.1 Å². The normalized spacial score (nSPS) is 11.4. The van der Waals surface area contributed by atoms with E-state index >= 15 is 0 Å². The molecular weight excluding hydrogens is 362 g/mol. The largest absolute Gasteiger partial charge is 0.279 e. The number of sulfonamides is 1. The number of benzene rings is 2. The topological polar surface area (TPSA) is 46.2 Å². The van der Waals surface area contributed by atoms with E-state index in [4.69, 9.17) is 11.6 Å². The van der Waals surface area contributed by atoms with Crippen LogP contribution in [0, 0.1) is 13.8 Å². The van der Waals surface area contributed by atoms with Gasteiger partial charge in [0.2, 0.25) is 0 Å². The second kappa shape index (κ2) is 5.76. The number of nitrogens with one attached hydrogen (secondary N) is 1. The summed E-state index contributed by atoms with van der Waals surface area (Å²) < 4.78 is 28.3. The third-order valence-corrected chi connectivity index (χ3v) is 4.88. The van der Waals surface area contributed by atoms with Crippen LogP contribution in [0.2, 0.25) is 5.02 Å². The van der Waals surface area contributed by atoms with E-state index in [1.165, 1.54) is 12.1 Å². The average molecular weight is 375 g/mol. The smallest absolute Gasteiger partial charge is 0.261 e. The van der Waals surface area contributed by atoms with Gasteiger partial charge in [-0.15, -0.1) is 0 Å². The summed E-state index contributed by atoms with van der Waals surface area (Å²) >= 11 is 9.23. The van der Waals surface area contributed by atoms with Gasteiger partial charge in [0.1, 0.15) is 0 Å². The Bertz CT molecular complexity index is 737. The van der Waals surface area contributed by atoms with Crippen molar-refractivity contribution in [3.05, 3.63) is 57.0 Å². The fourth-order valence-corrected chi connectivity index (χ4v) is 4.09. The number of halogens is 2. The SMILES string of the molecule is Cc1cc(Br)cc(C)c1NS(=O)(=O)c1cccc(Cl)c1. The molecule has 0 aliphatic rings. The fraction of sp³-hybridized carbons (Fsp3) is 0.143. The van der Waals surface area contributed by atoms with Gasteiger partial charge in [0.25, 0.3) is 10.0 Å². The van der Waals surface area contributed by atoms with E-state index in [9.17, 15) is 8.42 Å². The molecule has 0 aliphatic carbocycles. The Hall–Kier alpha value is -1.04. The van der Waals surface area contributed by atoms with Crippen LogP contribution >= 0.6 is 27.5 Å². The molecule has 2 rings (SSSR count). The van der Waals surface area contributed by atoms with E-state index in [1.807, 2.05) is 26.0 Å². The summed E-state index contributed by atoms with van der Waals surface area (Å²) in [5.74, 6) is 0. The molecule has 0 unspecified atom stereocenters.